The third-order valence-corrected chi connectivity index (χ3v) is 5.28. The van der Waals surface area contributed by atoms with Crippen molar-refractivity contribution in [2.45, 2.75) is 19.8 Å². The van der Waals surface area contributed by atoms with Gasteiger partial charge in [0.2, 0.25) is 0 Å². The summed E-state index contributed by atoms with van der Waals surface area (Å²) in [6.07, 6.45) is 0.734. The van der Waals surface area contributed by atoms with E-state index in [4.69, 9.17) is 0 Å². The molecular weight excluding hydrogens is 253 g/mol. The minimum absolute atomic E-state index is 0.0702. The fourth-order valence-electron chi connectivity index (χ4n) is 2.41. The van der Waals surface area contributed by atoms with Gasteiger partial charge in [-0.25, -0.2) is 12.8 Å². The number of hydrogen-bond acceptors (Lipinski definition) is 3. The first-order chi connectivity index (χ1) is 8.36. The number of rotatable bonds is 2. The van der Waals surface area contributed by atoms with E-state index in [-0.39, 0.29) is 17.3 Å². The number of nitrogens with zero attached hydrogens (tertiary/aromatic N) is 1. The summed E-state index contributed by atoms with van der Waals surface area (Å²) in [6, 6.07) is 6.53. The van der Waals surface area contributed by atoms with Crippen LogP contribution in [0.3, 0.4) is 0 Å². The van der Waals surface area contributed by atoms with Gasteiger partial charge < -0.3 is 0 Å². The van der Waals surface area contributed by atoms with Crippen molar-refractivity contribution in [3.05, 3.63) is 35.1 Å². The van der Waals surface area contributed by atoms with Gasteiger partial charge in [-0.1, -0.05) is 6.07 Å². The standard InChI is InChI=1S/C13H14FNO2S/c1-10-6-12(14)3-2-11(10)7-13(8-15)4-5-18(16,17)9-13/h2-3,6H,4-5,7,9H2,1H3. The smallest absolute Gasteiger partial charge is 0.151 e. The Bertz CT molecular complexity index is 618. The summed E-state index contributed by atoms with van der Waals surface area (Å²) in [6.45, 7) is 1.77. The van der Waals surface area contributed by atoms with Crippen LogP contribution in [0.1, 0.15) is 17.5 Å². The Morgan fingerprint density at radius 3 is 2.72 bits per heavy atom. The SMILES string of the molecule is Cc1cc(F)ccc1CC1(C#N)CCS(=O)(=O)C1. The number of aryl methyl sites for hydroxylation is 1. The first-order valence-corrected chi connectivity index (χ1v) is 7.55. The van der Waals surface area contributed by atoms with Gasteiger partial charge in [0.05, 0.1) is 23.0 Å². The maximum Gasteiger partial charge on any atom is 0.151 e. The van der Waals surface area contributed by atoms with Gasteiger partial charge in [0.15, 0.2) is 9.84 Å². The molecule has 2 rings (SSSR count). The molecule has 1 aromatic carbocycles. The third kappa shape index (κ3) is 2.54. The van der Waals surface area contributed by atoms with E-state index >= 15 is 0 Å². The summed E-state index contributed by atoms with van der Waals surface area (Å²) in [5.41, 5.74) is 0.755. The molecular formula is C13H14FNO2S. The van der Waals surface area contributed by atoms with Gasteiger partial charge in [0, 0.05) is 0 Å². The predicted molar refractivity (Wildman–Crippen MR) is 66.2 cm³/mol. The topological polar surface area (TPSA) is 57.9 Å². The van der Waals surface area contributed by atoms with E-state index in [2.05, 4.69) is 6.07 Å². The fraction of sp³-hybridized carbons (Fsp3) is 0.462. The molecule has 18 heavy (non-hydrogen) atoms. The lowest BCUT2D eigenvalue weighted by atomic mass is 9.81. The predicted octanol–water partition coefficient (Wildman–Crippen LogP) is 2.01. The number of nitriles is 1. The summed E-state index contributed by atoms with van der Waals surface area (Å²) in [4.78, 5) is 0. The molecule has 5 heteroatoms. The molecule has 0 saturated carbocycles. The lowest BCUT2D eigenvalue weighted by Crippen LogP contribution is -2.23. The first kappa shape index (κ1) is 13.0. The molecule has 0 radical (unpaired) electrons. The highest BCUT2D eigenvalue weighted by molar-refractivity contribution is 7.91. The maximum absolute atomic E-state index is 13.0. The second-order valence-corrected chi connectivity index (χ2v) is 7.17. The quantitative estimate of drug-likeness (QED) is 0.823. The summed E-state index contributed by atoms with van der Waals surface area (Å²) in [5, 5.41) is 9.27. The van der Waals surface area contributed by atoms with E-state index in [1.807, 2.05) is 0 Å². The Morgan fingerprint density at radius 1 is 1.50 bits per heavy atom. The monoisotopic (exact) mass is 267 g/mol. The normalized spacial score (nSPS) is 25.8. The molecule has 1 aromatic rings. The summed E-state index contributed by atoms with van der Waals surface area (Å²) >= 11 is 0. The molecule has 0 amide bonds. The van der Waals surface area contributed by atoms with E-state index in [9.17, 15) is 18.1 Å². The van der Waals surface area contributed by atoms with Crippen molar-refractivity contribution in [1.82, 2.24) is 0 Å². The molecule has 0 aliphatic carbocycles. The summed E-state index contributed by atoms with van der Waals surface area (Å²) in [7, 11) is -3.10. The van der Waals surface area contributed by atoms with Crippen LogP contribution >= 0.6 is 0 Å². The van der Waals surface area contributed by atoms with Crippen LogP contribution in [0.2, 0.25) is 0 Å². The van der Waals surface area contributed by atoms with Gasteiger partial charge in [0.25, 0.3) is 0 Å². The Labute approximate surface area is 106 Å². The minimum Gasteiger partial charge on any atom is -0.229 e. The van der Waals surface area contributed by atoms with Crippen molar-refractivity contribution < 1.29 is 12.8 Å². The number of halogens is 1. The van der Waals surface area contributed by atoms with Gasteiger partial charge in [-0.15, -0.1) is 0 Å². The van der Waals surface area contributed by atoms with Crippen LogP contribution in [-0.2, 0) is 16.3 Å². The zero-order chi connectivity index (χ0) is 13.4. The van der Waals surface area contributed by atoms with E-state index in [0.29, 0.717) is 12.8 Å². The van der Waals surface area contributed by atoms with E-state index < -0.39 is 15.3 Å². The van der Waals surface area contributed by atoms with Crippen LogP contribution in [0, 0.1) is 29.5 Å². The van der Waals surface area contributed by atoms with Gasteiger partial charge >= 0.3 is 0 Å². The van der Waals surface area contributed by atoms with Crippen LogP contribution in [0.15, 0.2) is 18.2 Å². The molecule has 1 fully saturated rings. The first-order valence-electron chi connectivity index (χ1n) is 5.73. The Balaban J connectivity index is 2.30. The molecule has 1 aliphatic rings. The van der Waals surface area contributed by atoms with Crippen LogP contribution in [-0.4, -0.2) is 19.9 Å². The highest BCUT2D eigenvalue weighted by Gasteiger charge is 2.42. The minimum atomic E-state index is -3.10. The third-order valence-electron chi connectivity index (χ3n) is 3.46. The van der Waals surface area contributed by atoms with E-state index in [0.717, 1.165) is 11.1 Å². The van der Waals surface area contributed by atoms with Crippen LogP contribution in [0.5, 0.6) is 0 Å². The van der Waals surface area contributed by atoms with E-state index in [1.54, 1.807) is 13.0 Å². The highest BCUT2D eigenvalue weighted by atomic mass is 32.2. The lowest BCUT2D eigenvalue weighted by molar-refractivity contribution is 0.449. The molecule has 1 saturated heterocycles. The molecule has 1 unspecified atom stereocenters. The van der Waals surface area contributed by atoms with Crippen molar-refractivity contribution >= 4 is 9.84 Å². The van der Waals surface area contributed by atoms with Crippen LogP contribution < -0.4 is 0 Å². The van der Waals surface area contributed by atoms with Crippen molar-refractivity contribution in [2.75, 3.05) is 11.5 Å². The van der Waals surface area contributed by atoms with Gasteiger partial charge in [-0.05, 0) is 43.0 Å². The van der Waals surface area contributed by atoms with Gasteiger partial charge in [-0.2, -0.15) is 5.26 Å². The van der Waals surface area contributed by atoms with Crippen molar-refractivity contribution in [3.8, 4) is 6.07 Å². The largest absolute Gasteiger partial charge is 0.229 e. The van der Waals surface area contributed by atoms with Crippen LogP contribution in [0.4, 0.5) is 4.39 Å². The zero-order valence-corrected chi connectivity index (χ0v) is 10.9. The lowest BCUT2D eigenvalue weighted by Gasteiger charge is -2.19. The van der Waals surface area contributed by atoms with Crippen molar-refractivity contribution in [2.24, 2.45) is 5.41 Å². The molecule has 1 atom stereocenters. The maximum atomic E-state index is 13.0. The van der Waals surface area contributed by atoms with Crippen molar-refractivity contribution in [3.63, 3.8) is 0 Å². The Kier molecular flexibility index (Phi) is 3.16. The summed E-state index contributed by atoms with van der Waals surface area (Å²) in [5.74, 6) is -0.338. The molecule has 0 N–H and O–H groups in total. The average Bonchev–Trinajstić information content (AvgIpc) is 2.59. The Hall–Kier alpha value is -1.41. The zero-order valence-electron chi connectivity index (χ0n) is 10.1. The molecule has 1 heterocycles. The molecule has 0 spiro atoms. The molecule has 0 aromatic heterocycles. The number of sulfone groups is 1. The highest BCUT2D eigenvalue weighted by Crippen LogP contribution is 2.35. The second kappa shape index (κ2) is 4.36. The molecule has 96 valence electrons. The molecule has 3 nitrogen and oxygen atoms in total. The van der Waals surface area contributed by atoms with Gasteiger partial charge in [-0.3, -0.25) is 0 Å². The van der Waals surface area contributed by atoms with Crippen molar-refractivity contribution in [1.29, 1.82) is 5.26 Å². The Morgan fingerprint density at radius 2 is 2.22 bits per heavy atom. The van der Waals surface area contributed by atoms with E-state index in [1.165, 1.54) is 12.1 Å². The van der Waals surface area contributed by atoms with Gasteiger partial charge in [0.1, 0.15) is 5.82 Å². The molecule has 0 bridgehead atoms. The summed E-state index contributed by atoms with van der Waals surface area (Å²) < 4.78 is 36.0. The van der Waals surface area contributed by atoms with Crippen LogP contribution in [0.25, 0.3) is 0 Å². The number of hydrogen-bond donors (Lipinski definition) is 0. The average molecular weight is 267 g/mol. The second-order valence-electron chi connectivity index (χ2n) is 4.98. The molecule has 1 aliphatic heterocycles. The fourth-order valence-corrected chi connectivity index (χ4v) is 4.40. The number of benzene rings is 1.